The van der Waals surface area contributed by atoms with Gasteiger partial charge < -0.3 is 10.6 Å². The van der Waals surface area contributed by atoms with E-state index in [0.29, 0.717) is 28.4 Å². The second kappa shape index (κ2) is 7.29. The lowest BCUT2D eigenvalue weighted by Crippen LogP contribution is -2.14. The van der Waals surface area contributed by atoms with Crippen molar-refractivity contribution in [2.75, 3.05) is 10.6 Å². The van der Waals surface area contributed by atoms with E-state index in [0.717, 1.165) is 0 Å². The number of hydrogen-bond donors (Lipinski definition) is 2. The van der Waals surface area contributed by atoms with Crippen molar-refractivity contribution in [2.24, 2.45) is 0 Å². The number of carbonyl (C=O) groups is 2. The molecule has 2 aromatic carbocycles. The molecule has 0 unspecified atom stereocenters. The smallest absolute Gasteiger partial charge is 0.255 e. The molecule has 2 rings (SSSR count). The molecule has 0 spiro atoms. The molecule has 0 atom stereocenters. The summed E-state index contributed by atoms with van der Waals surface area (Å²) < 4.78 is 0. The number of rotatable bonds is 4. The number of nitrogens with one attached hydrogen (secondary N) is 2. The van der Waals surface area contributed by atoms with Crippen LogP contribution in [-0.4, -0.2) is 11.8 Å². The maximum absolute atomic E-state index is 12.3. The van der Waals surface area contributed by atoms with E-state index in [-0.39, 0.29) is 16.8 Å². The van der Waals surface area contributed by atoms with Crippen molar-refractivity contribution in [3.63, 3.8) is 0 Å². The fraction of sp³-hybridized carbons (Fsp3) is 0.125. The first-order chi connectivity index (χ1) is 10.5. The Hall–Kier alpha value is -2.04. The maximum atomic E-state index is 12.3. The third-order valence-corrected chi connectivity index (χ3v) is 3.75. The molecule has 0 aliphatic heterocycles. The molecule has 0 radical (unpaired) electrons. The summed E-state index contributed by atoms with van der Waals surface area (Å²) >= 11 is 12.0. The highest BCUT2D eigenvalue weighted by Crippen LogP contribution is 2.29. The molecule has 0 bridgehead atoms. The van der Waals surface area contributed by atoms with Gasteiger partial charge in [-0.3, -0.25) is 9.59 Å². The van der Waals surface area contributed by atoms with Crippen LogP contribution in [0.15, 0.2) is 42.5 Å². The van der Waals surface area contributed by atoms with Gasteiger partial charge in [-0.2, -0.15) is 0 Å². The lowest BCUT2D eigenvalue weighted by molar-refractivity contribution is -0.115. The zero-order chi connectivity index (χ0) is 16.1. The zero-order valence-corrected chi connectivity index (χ0v) is 13.3. The van der Waals surface area contributed by atoms with Gasteiger partial charge in [-0.1, -0.05) is 42.3 Å². The summed E-state index contributed by atoms with van der Waals surface area (Å²) in [5, 5.41) is 6.05. The second-order valence-corrected chi connectivity index (χ2v) is 5.32. The average molecular weight is 337 g/mol. The first kappa shape index (κ1) is 16.3. The normalized spacial score (nSPS) is 10.1. The van der Waals surface area contributed by atoms with Crippen LogP contribution < -0.4 is 10.6 Å². The number of anilines is 2. The highest BCUT2D eigenvalue weighted by Gasteiger charge is 2.11. The van der Waals surface area contributed by atoms with Gasteiger partial charge in [0, 0.05) is 17.7 Å². The minimum Gasteiger partial charge on any atom is -0.326 e. The molecular weight excluding hydrogens is 323 g/mol. The molecule has 0 aliphatic rings. The molecule has 0 saturated heterocycles. The molecule has 114 valence electrons. The molecule has 0 aliphatic carbocycles. The molecule has 0 aromatic heterocycles. The van der Waals surface area contributed by atoms with Gasteiger partial charge in [0.2, 0.25) is 5.91 Å². The fourth-order valence-electron chi connectivity index (χ4n) is 1.78. The van der Waals surface area contributed by atoms with Gasteiger partial charge in [-0.25, -0.2) is 0 Å². The third kappa shape index (κ3) is 4.00. The van der Waals surface area contributed by atoms with Crippen LogP contribution >= 0.6 is 23.2 Å². The van der Waals surface area contributed by atoms with E-state index in [4.69, 9.17) is 23.2 Å². The van der Waals surface area contributed by atoms with Crippen LogP contribution in [0.2, 0.25) is 10.0 Å². The third-order valence-electron chi connectivity index (χ3n) is 2.93. The largest absolute Gasteiger partial charge is 0.326 e. The first-order valence-electron chi connectivity index (χ1n) is 6.66. The minimum absolute atomic E-state index is 0.115. The predicted molar refractivity (Wildman–Crippen MR) is 89.8 cm³/mol. The Bertz CT molecular complexity index is 717. The van der Waals surface area contributed by atoms with Crippen LogP contribution in [0.4, 0.5) is 11.4 Å². The quantitative estimate of drug-likeness (QED) is 0.857. The van der Waals surface area contributed by atoms with Gasteiger partial charge in [0.1, 0.15) is 0 Å². The molecule has 4 nitrogen and oxygen atoms in total. The predicted octanol–water partition coefficient (Wildman–Crippen LogP) is 4.59. The Morgan fingerprint density at radius 1 is 1.05 bits per heavy atom. The van der Waals surface area contributed by atoms with Crippen molar-refractivity contribution in [3.05, 3.63) is 58.1 Å². The lowest BCUT2D eigenvalue weighted by atomic mass is 10.1. The Balaban J connectivity index is 2.17. The van der Waals surface area contributed by atoms with Gasteiger partial charge in [0.05, 0.1) is 15.7 Å². The molecule has 2 N–H and O–H groups in total. The molecular formula is C16H14Cl2N2O2. The van der Waals surface area contributed by atoms with Gasteiger partial charge in [0.25, 0.3) is 5.91 Å². The molecule has 22 heavy (non-hydrogen) atoms. The topological polar surface area (TPSA) is 58.2 Å². The number of carbonyl (C=O) groups excluding carboxylic acids is 2. The summed E-state index contributed by atoms with van der Waals surface area (Å²) in [7, 11) is 0. The average Bonchev–Trinajstić information content (AvgIpc) is 2.52. The Kier molecular flexibility index (Phi) is 5.41. The van der Waals surface area contributed by atoms with E-state index in [1.807, 2.05) is 0 Å². The Labute approximate surface area is 138 Å². The molecule has 2 amide bonds. The van der Waals surface area contributed by atoms with Crippen LogP contribution in [0.25, 0.3) is 0 Å². The van der Waals surface area contributed by atoms with E-state index in [9.17, 15) is 9.59 Å². The van der Waals surface area contributed by atoms with Crippen molar-refractivity contribution < 1.29 is 9.59 Å². The molecule has 6 heteroatoms. The minimum atomic E-state index is -0.336. The van der Waals surface area contributed by atoms with E-state index in [2.05, 4.69) is 10.6 Å². The van der Waals surface area contributed by atoms with Crippen LogP contribution in [-0.2, 0) is 4.79 Å². The number of benzene rings is 2. The van der Waals surface area contributed by atoms with Crippen molar-refractivity contribution in [1.29, 1.82) is 0 Å². The molecule has 0 fully saturated rings. The number of amides is 2. The van der Waals surface area contributed by atoms with Crippen LogP contribution in [0.1, 0.15) is 23.7 Å². The van der Waals surface area contributed by atoms with E-state index in [1.165, 1.54) is 0 Å². The van der Waals surface area contributed by atoms with Gasteiger partial charge in [-0.15, -0.1) is 0 Å². The monoisotopic (exact) mass is 336 g/mol. The highest BCUT2D eigenvalue weighted by molar-refractivity contribution is 6.44. The summed E-state index contributed by atoms with van der Waals surface area (Å²) in [6.45, 7) is 1.76. The molecule has 0 heterocycles. The van der Waals surface area contributed by atoms with Gasteiger partial charge in [-0.05, 0) is 30.3 Å². The maximum Gasteiger partial charge on any atom is 0.255 e. The summed E-state index contributed by atoms with van der Waals surface area (Å²) in [5.74, 6) is -0.452. The summed E-state index contributed by atoms with van der Waals surface area (Å²) in [6, 6.07) is 11.7. The lowest BCUT2D eigenvalue weighted by Gasteiger charge is -2.09. The van der Waals surface area contributed by atoms with E-state index in [1.54, 1.807) is 49.4 Å². The number of halogens is 2. The summed E-state index contributed by atoms with van der Waals surface area (Å²) in [4.78, 5) is 23.7. The van der Waals surface area contributed by atoms with Crippen molar-refractivity contribution in [2.45, 2.75) is 13.3 Å². The summed E-state index contributed by atoms with van der Waals surface area (Å²) in [5.41, 5.74) is 1.41. The van der Waals surface area contributed by atoms with Crippen LogP contribution in [0.3, 0.4) is 0 Å². The van der Waals surface area contributed by atoms with Crippen molar-refractivity contribution >= 4 is 46.4 Å². The standard InChI is InChI=1S/C16H14Cl2N2O2/c1-2-14(21)19-11-6-3-5-10(9-11)16(22)20-13-8-4-7-12(17)15(13)18/h3-9H,2H2,1H3,(H,19,21)(H,20,22). The van der Waals surface area contributed by atoms with Gasteiger partial charge >= 0.3 is 0 Å². The number of hydrogen-bond acceptors (Lipinski definition) is 2. The molecule has 0 saturated carbocycles. The van der Waals surface area contributed by atoms with Gasteiger partial charge in [0.15, 0.2) is 0 Å². The zero-order valence-electron chi connectivity index (χ0n) is 11.8. The highest BCUT2D eigenvalue weighted by atomic mass is 35.5. The first-order valence-corrected chi connectivity index (χ1v) is 7.42. The van der Waals surface area contributed by atoms with E-state index >= 15 is 0 Å². The Morgan fingerprint density at radius 2 is 1.77 bits per heavy atom. The van der Waals surface area contributed by atoms with Crippen LogP contribution in [0, 0.1) is 0 Å². The summed E-state index contributed by atoms with van der Waals surface area (Å²) in [6.07, 6.45) is 0.370. The Morgan fingerprint density at radius 3 is 2.50 bits per heavy atom. The molecule has 2 aromatic rings. The second-order valence-electron chi connectivity index (χ2n) is 4.54. The van der Waals surface area contributed by atoms with Crippen molar-refractivity contribution in [1.82, 2.24) is 0 Å². The van der Waals surface area contributed by atoms with E-state index < -0.39 is 0 Å². The fourth-order valence-corrected chi connectivity index (χ4v) is 2.13. The SMILES string of the molecule is CCC(=O)Nc1cccc(C(=O)Nc2cccc(Cl)c2Cl)c1. The van der Waals surface area contributed by atoms with Crippen LogP contribution in [0.5, 0.6) is 0 Å². The van der Waals surface area contributed by atoms with Crippen molar-refractivity contribution in [3.8, 4) is 0 Å².